The van der Waals surface area contributed by atoms with Crippen LogP contribution in [0.15, 0.2) is 35.0 Å². The van der Waals surface area contributed by atoms with Crippen molar-refractivity contribution in [3.05, 3.63) is 51.7 Å². The van der Waals surface area contributed by atoms with Gasteiger partial charge in [-0.25, -0.2) is 0 Å². The molecule has 0 radical (unpaired) electrons. The van der Waals surface area contributed by atoms with E-state index in [2.05, 4.69) is 16.8 Å². The third-order valence-corrected chi connectivity index (χ3v) is 4.43. The molecular weight excluding hydrogens is 268 g/mol. The van der Waals surface area contributed by atoms with Crippen molar-refractivity contribution in [1.29, 1.82) is 0 Å². The number of anilines is 1. The van der Waals surface area contributed by atoms with E-state index in [1.165, 1.54) is 5.56 Å². The number of carbonyl (C=O) groups is 1. The van der Waals surface area contributed by atoms with Crippen molar-refractivity contribution < 1.29 is 4.79 Å². The van der Waals surface area contributed by atoms with Gasteiger partial charge < -0.3 is 10.6 Å². The number of hydrogen-bond acceptors (Lipinski definition) is 3. The molecule has 0 unspecified atom stereocenters. The van der Waals surface area contributed by atoms with Gasteiger partial charge in [-0.15, -0.1) is 0 Å². The Morgan fingerprint density at radius 3 is 2.80 bits per heavy atom. The zero-order chi connectivity index (χ0) is 14.1. The van der Waals surface area contributed by atoms with Crippen LogP contribution in [0.1, 0.15) is 34.3 Å². The molecule has 0 spiro atoms. The first kappa shape index (κ1) is 13.2. The van der Waals surface area contributed by atoms with Crippen LogP contribution in [0.5, 0.6) is 0 Å². The van der Waals surface area contributed by atoms with Gasteiger partial charge in [-0.05, 0) is 65.9 Å². The largest absolute Gasteiger partial charge is 0.399 e. The molecule has 2 aromatic rings. The van der Waals surface area contributed by atoms with Crippen LogP contribution in [0.3, 0.4) is 0 Å². The minimum Gasteiger partial charge on any atom is -0.399 e. The van der Waals surface area contributed by atoms with Gasteiger partial charge in [0.1, 0.15) is 0 Å². The van der Waals surface area contributed by atoms with Crippen LogP contribution in [0.25, 0.3) is 0 Å². The van der Waals surface area contributed by atoms with E-state index in [0.717, 1.165) is 29.7 Å². The summed E-state index contributed by atoms with van der Waals surface area (Å²) in [5, 5.41) is 4.16. The van der Waals surface area contributed by atoms with Crippen LogP contribution in [0.2, 0.25) is 0 Å². The van der Waals surface area contributed by atoms with Gasteiger partial charge in [0.2, 0.25) is 0 Å². The Balaban J connectivity index is 1.83. The van der Waals surface area contributed by atoms with Crippen LogP contribution in [-0.4, -0.2) is 16.8 Å². The number of amides is 1. The minimum absolute atomic E-state index is 0.113. The molecule has 0 aliphatic heterocycles. The first-order chi connectivity index (χ1) is 9.65. The molecule has 1 saturated carbocycles. The number of nitrogen functional groups attached to an aromatic ring is 1. The normalized spacial score (nSPS) is 14.2. The molecule has 0 bridgehead atoms. The quantitative estimate of drug-likeness (QED) is 0.875. The first-order valence-corrected chi connectivity index (χ1v) is 7.77. The van der Waals surface area contributed by atoms with E-state index in [4.69, 9.17) is 5.73 Å². The van der Waals surface area contributed by atoms with Crippen LogP contribution in [-0.2, 0) is 6.54 Å². The summed E-state index contributed by atoms with van der Waals surface area (Å²) in [6, 6.07) is 8.02. The second-order valence-electron chi connectivity index (χ2n) is 5.37. The molecule has 2 N–H and O–H groups in total. The molecule has 20 heavy (non-hydrogen) atoms. The smallest absolute Gasteiger partial charge is 0.254 e. The molecule has 1 heterocycles. The summed E-state index contributed by atoms with van der Waals surface area (Å²) in [5.74, 6) is 0.113. The molecule has 1 aromatic heterocycles. The summed E-state index contributed by atoms with van der Waals surface area (Å²) in [4.78, 5) is 14.7. The van der Waals surface area contributed by atoms with Gasteiger partial charge in [-0.1, -0.05) is 0 Å². The highest BCUT2D eigenvalue weighted by Crippen LogP contribution is 2.30. The first-order valence-electron chi connectivity index (χ1n) is 6.83. The van der Waals surface area contributed by atoms with Gasteiger partial charge >= 0.3 is 0 Å². The molecular formula is C16H18N2OS. The summed E-state index contributed by atoms with van der Waals surface area (Å²) in [6.07, 6.45) is 2.23. The van der Waals surface area contributed by atoms with E-state index in [9.17, 15) is 4.79 Å². The van der Waals surface area contributed by atoms with Gasteiger partial charge in [0.05, 0.1) is 0 Å². The number of nitrogens with zero attached hydrogens (tertiary/aromatic N) is 1. The zero-order valence-electron chi connectivity index (χ0n) is 11.5. The SMILES string of the molecule is Cc1cc(C(=O)N(Cc2ccsc2)C2CC2)ccc1N. The van der Waals surface area contributed by atoms with Crippen molar-refractivity contribution in [2.24, 2.45) is 0 Å². The van der Waals surface area contributed by atoms with Crippen molar-refractivity contribution in [3.8, 4) is 0 Å². The van der Waals surface area contributed by atoms with Crippen molar-refractivity contribution >= 4 is 22.9 Å². The van der Waals surface area contributed by atoms with Crippen LogP contribution < -0.4 is 5.73 Å². The lowest BCUT2D eigenvalue weighted by atomic mass is 10.1. The van der Waals surface area contributed by atoms with Crippen molar-refractivity contribution in [3.63, 3.8) is 0 Å². The predicted octanol–water partition coefficient (Wildman–Crippen LogP) is 3.44. The topological polar surface area (TPSA) is 46.3 Å². The fourth-order valence-electron chi connectivity index (χ4n) is 2.31. The molecule has 3 rings (SSSR count). The Hall–Kier alpha value is -1.81. The van der Waals surface area contributed by atoms with Crippen molar-refractivity contribution in [1.82, 2.24) is 4.90 Å². The van der Waals surface area contributed by atoms with E-state index >= 15 is 0 Å². The lowest BCUT2D eigenvalue weighted by Crippen LogP contribution is -2.32. The Morgan fingerprint density at radius 2 is 2.20 bits per heavy atom. The van der Waals surface area contributed by atoms with E-state index < -0.39 is 0 Å². The molecule has 1 aromatic carbocycles. The second kappa shape index (κ2) is 5.29. The van der Waals surface area contributed by atoms with Crippen molar-refractivity contribution in [2.45, 2.75) is 32.4 Å². The summed E-state index contributed by atoms with van der Waals surface area (Å²) in [6.45, 7) is 2.64. The maximum absolute atomic E-state index is 12.7. The zero-order valence-corrected chi connectivity index (χ0v) is 12.3. The van der Waals surface area contributed by atoms with Crippen LogP contribution >= 0.6 is 11.3 Å². The average molecular weight is 286 g/mol. The van der Waals surface area contributed by atoms with E-state index in [-0.39, 0.29) is 5.91 Å². The highest BCUT2D eigenvalue weighted by Gasteiger charge is 2.33. The van der Waals surface area contributed by atoms with Crippen molar-refractivity contribution in [2.75, 3.05) is 5.73 Å². The van der Waals surface area contributed by atoms with Gasteiger partial charge in [0, 0.05) is 23.8 Å². The number of hydrogen-bond donors (Lipinski definition) is 1. The van der Waals surface area contributed by atoms with Crippen LogP contribution in [0.4, 0.5) is 5.69 Å². The number of benzene rings is 1. The number of carbonyl (C=O) groups excluding carboxylic acids is 1. The standard InChI is InChI=1S/C16H18N2OS/c1-11-8-13(2-5-15(11)17)16(19)18(14-3-4-14)9-12-6-7-20-10-12/h2,5-8,10,14H,3-4,9,17H2,1H3. The van der Waals surface area contributed by atoms with Gasteiger partial charge in [0.25, 0.3) is 5.91 Å². The molecule has 4 heteroatoms. The van der Waals surface area contributed by atoms with E-state index in [0.29, 0.717) is 12.6 Å². The number of nitrogens with two attached hydrogens (primary N) is 1. The van der Waals surface area contributed by atoms with Gasteiger partial charge in [0.15, 0.2) is 0 Å². The maximum Gasteiger partial charge on any atom is 0.254 e. The molecule has 1 aliphatic carbocycles. The Bertz CT molecular complexity index is 617. The molecule has 0 saturated heterocycles. The van der Waals surface area contributed by atoms with E-state index in [1.54, 1.807) is 11.3 Å². The Morgan fingerprint density at radius 1 is 1.40 bits per heavy atom. The number of rotatable bonds is 4. The summed E-state index contributed by atoms with van der Waals surface area (Å²) < 4.78 is 0. The van der Waals surface area contributed by atoms with Gasteiger partial charge in [-0.3, -0.25) is 4.79 Å². The second-order valence-corrected chi connectivity index (χ2v) is 6.15. The average Bonchev–Trinajstić information content (AvgIpc) is 3.15. The third-order valence-electron chi connectivity index (χ3n) is 3.70. The molecule has 1 aliphatic rings. The predicted molar refractivity (Wildman–Crippen MR) is 82.8 cm³/mol. The lowest BCUT2D eigenvalue weighted by molar-refractivity contribution is 0.0730. The van der Waals surface area contributed by atoms with Gasteiger partial charge in [-0.2, -0.15) is 11.3 Å². The number of thiophene rings is 1. The highest BCUT2D eigenvalue weighted by atomic mass is 32.1. The fraction of sp³-hybridized carbons (Fsp3) is 0.312. The monoisotopic (exact) mass is 286 g/mol. The Kier molecular flexibility index (Phi) is 3.49. The van der Waals surface area contributed by atoms with Crippen LogP contribution in [0, 0.1) is 6.92 Å². The molecule has 3 nitrogen and oxygen atoms in total. The summed E-state index contributed by atoms with van der Waals surface area (Å²) in [5.41, 5.74) is 9.46. The third kappa shape index (κ3) is 2.70. The molecule has 1 amide bonds. The number of aryl methyl sites for hydroxylation is 1. The Labute approximate surface area is 123 Å². The maximum atomic E-state index is 12.7. The molecule has 104 valence electrons. The fourth-order valence-corrected chi connectivity index (χ4v) is 2.97. The summed E-state index contributed by atoms with van der Waals surface area (Å²) in [7, 11) is 0. The highest BCUT2D eigenvalue weighted by molar-refractivity contribution is 7.07. The summed E-state index contributed by atoms with van der Waals surface area (Å²) >= 11 is 1.67. The molecule has 1 fully saturated rings. The minimum atomic E-state index is 0.113. The lowest BCUT2D eigenvalue weighted by Gasteiger charge is -2.22. The van der Waals surface area contributed by atoms with E-state index in [1.807, 2.05) is 30.0 Å². The molecule has 0 atom stereocenters.